The van der Waals surface area contributed by atoms with Crippen LogP contribution in [0.15, 0.2) is 42.5 Å². The number of anilines is 1. The number of amides is 1. The second kappa shape index (κ2) is 5.38. The third kappa shape index (κ3) is 2.81. The Morgan fingerprint density at radius 3 is 2.56 bits per heavy atom. The van der Waals surface area contributed by atoms with Crippen LogP contribution < -0.4 is 5.32 Å². The van der Waals surface area contributed by atoms with Crippen LogP contribution >= 0.6 is 23.2 Å². The third-order valence-electron chi connectivity index (χ3n) is 2.30. The number of carbonyl (C=O) groups is 1. The van der Waals surface area contributed by atoms with Crippen LogP contribution in [0.1, 0.15) is 10.4 Å². The molecule has 92 valence electrons. The lowest BCUT2D eigenvalue weighted by atomic mass is 10.2. The zero-order valence-electron chi connectivity index (χ0n) is 9.08. The summed E-state index contributed by atoms with van der Waals surface area (Å²) in [4.78, 5) is 11.9. The van der Waals surface area contributed by atoms with Gasteiger partial charge in [0.1, 0.15) is 5.82 Å². The number of benzene rings is 2. The number of halogens is 3. The number of nitrogens with one attached hydrogen (secondary N) is 1. The molecule has 0 heterocycles. The van der Waals surface area contributed by atoms with Crippen molar-refractivity contribution in [1.29, 1.82) is 0 Å². The van der Waals surface area contributed by atoms with Gasteiger partial charge in [-0.3, -0.25) is 4.79 Å². The van der Waals surface area contributed by atoms with Gasteiger partial charge in [0.25, 0.3) is 5.91 Å². The molecule has 0 saturated carbocycles. The Morgan fingerprint density at radius 1 is 1.11 bits per heavy atom. The minimum atomic E-state index is -0.556. The molecule has 0 fully saturated rings. The normalized spacial score (nSPS) is 10.2. The Kier molecular flexibility index (Phi) is 3.84. The molecule has 0 aliphatic heterocycles. The van der Waals surface area contributed by atoms with Crippen LogP contribution in [0.5, 0.6) is 0 Å². The fourth-order valence-corrected chi connectivity index (χ4v) is 1.82. The van der Waals surface area contributed by atoms with Crippen molar-refractivity contribution in [2.24, 2.45) is 0 Å². The van der Waals surface area contributed by atoms with Gasteiger partial charge in [-0.05, 0) is 30.3 Å². The molecule has 18 heavy (non-hydrogen) atoms. The van der Waals surface area contributed by atoms with Crippen LogP contribution in [0.3, 0.4) is 0 Å². The first kappa shape index (κ1) is 12.9. The van der Waals surface area contributed by atoms with Crippen LogP contribution in [-0.4, -0.2) is 5.91 Å². The zero-order valence-corrected chi connectivity index (χ0v) is 10.6. The molecule has 2 aromatic rings. The molecule has 2 aromatic carbocycles. The van der Waals surface area contributed by atoms with Crippen molar-refractivity contribution in [2.75, 3.05) is 5.32 Å². The third-order valence-corrected chi connectivity index (χ3v) is 2.86. The second-order valence-corrected chi connectivity index (χ2v) is 4.40. The van der Waals surface area contributed by atoms with E-state index < -0.39 is 11.7 Å². The molecular formula is C13H8Cl2FNO. The van der Waals surface area contributed by atoms with Crippen molar-refractivity contribution in [3.63, 3.8) is 0 Å². The summed E-state index contributed by atoms with van der Waals surface area (Å²) < 4.78 is 13.4. The fraction of sp³-hybridized carbons (Fsp3) is 0. The van der Waals surface area contributed by atoms with E-state index in [4.69, 9.17) is 23.2 Å². The van der Waals surface area contributed by atoms with Crippen molar-refractivity contribution >= 4 is 34.8 Å². The van der Waals surface area contributed by atoms with Crippen LogP contribution in [0.25, 0.3) is 0 Å². The maximum atomic E-state index is 13.4. The summed E-state index contributed by atoms with van der Waals surface area (Å²) in [5.41, 5.74) is 0.297. The molecule has 0 saturated heterocycles. The maximum absolute atomic E-state index is 13.4. The van der Waals surface area contributed by atoms with Gasteiger partial charge >= 0.3 is 0 Å². The quantitative estimate of drug-likeness (QED) is 0.870. The van der Waals surface area contributed by atoms with E-state index in [1.54, 1.807) is 24.3 Å². The van der Waals surface area contributed by atoms with Crippen molar-refractivity contribution in [3.8, 4) is 0 Å². The van der Waals surface area contributed by atoms with E-state index in [1.807, 2.05) is 0 Å². The van der Waals surface area contributed by atoms with Gasteiger partial charge in [0.15, 0.2) is 0 Å². The highest BCUT2D eigenvalue weighted by Gasteiger charge is 2.12. The van der Waals surface area contributed by atoms with Crippen molar-refractivity contribution in [1.82, 2.24) is 0 Å². The van der Waals surface area contributed by atoms with Crippen LogP contribution in [0.4, 0.5) is 10.1 Å². The second-order valence-electron chi connectivity index (χ2n) is 3.56. The van der Waals surface area contributed by atoms with Crippen molar-refractivity contribution < 1.29 is 9.18 Å². The van der Waals surface area contributed by atoms with E-state index in [0.717, 1.165) is 0 Å². The molecule has 0 spiro atoms. The highest BCUT2D eigenvalue weighted by Crippen LogP contribution is 2.22. The van der Waals surface area contributed by atoms with Gasteiger partial charge in [0.05, 0.1) is 16.3 Å². The molecule has 0 bridgehead atoms. The summed E-state index contributed by atoms with van der Waals surface area (Å²) in [5, 5.41) is 3.07. The summed E-state index contributed by atoms with van der Waals surface area (Å²) in [5.74, 6) is -1.04. The average molecular weight is 284 g/mol. The molecule has 0 aromatic heterocycles. The first-order valence-corrected chi connectivity index (χ1v) is 5.84. The van der Waals surface area contributed by atoms with Gasteiger partial charge in [0, 0.05) is 5.02 Å². The van der Waals surface area contributed by atoms with Gasteiger partial charge in [-0.2, -0.15) is 0 Å². The lowest BCUT2D eigenvalue weighted by Crippen LogP contribution is -2.13. The standard InChI is InChI=1S/C13H8Cl2FNO/c14-8-5-6-11(16)12(7-8)17-13(18)9-3-1-2-4-10(9)15/h1-7H,(H,17,18). The zero-order chi connectivity index (χ0) is 13.1. The largest absolute Gasteiger partial charge is 0.319 e. The van der Waals surface area contributed by atoms with Crippen LogP contribution in [-0.2, 0) is 0 Å². The minimum absolute atomic E-state index is 0.0208. The van der Waals surface area contributed by atoms with E-state index in [9.17, 15) is 9.18 Å². The molecule has 2 nitrogen and oxygen atoms in total. The Bertz CT molecular complexity index is 601. The number of carbonyl (C=O) groups excluding carboxylic acids is 1. The Morgan fingerprint density at radius 2 is 1.83 bits per heavy atom. The summed E-state index contributed by atoms with van der Waals surface area (Å²) >= 11 is 11.6. The van der Waals surface area contributed by atoms with Gasteiger partial charge in [-0.15, -0.1) is 0 Å². The number of hydrogen-bond acceptors (Lipinski definition) is 1. The number of hydrogen-bond donors (Lipinski definition) is 1. The molecular weight excluding hydrogens is 276 g/mol. The smallest absolute Gasteiger partial charge is 0.257 e. The molecule has 1 N–H and O–H groups in total. The predicted molar refractivity (Wildman–Crippen MR) is 70.8 cm³/mol. The van der Waals surface area contributed by atoms with Crippen LogP contribution in [0.2, 0.25) is 10.0 Å². The molecule has 0 atom stereocenters. The Hall–Kier alpha value is -1.58. The van der Waals surface area contributed by atoms with Gasteiger partial charge < -0.3 is 5.32 Å². The molecule has 0 radical (unpaired) electrons. The molecule has 1 amide bonds. The maximum Gasteiger partial charge on any atom is 0.257 e. The Balaban J connectivity index is 2.27. The fourth-order valence-electron chi connectivity index (χ4n) is 1.43. The molecule has 0 aliphatic rings. The molecule has 0 unspecified atom stereocenters. The topological polar surface area (TPSA) is 29.1 Å². The lowest BCUT2D eigenvalue weighted by molar-refractivity contribution is 0.102. The SMILES string of the molecule is O=C(Nc1cc(Cl)ccc1F)c1ccccc1Cl. The van der Waals surface area contributed by atoms with E-state index in [1.165, 1.54) is 18.2 Å². The molecule has 5 heteroatoms. The van der Waals surface area contributed by atoms with E-state index in [0.29, 0.717) is 10.0 Å². The summed E-state index contributed by atoms with van der Waals surface area (Å²) in [7, 11) is 0. The van der Waals surface area contributed by atoms with Crippen LogP contribution in [0, 0.1) is 5.82 Å². The van der Waals surface area contributed by atoms with Crippen molar-refractivity contribution in [2.45, 2.75) is 0 Å². The first-order chi connectivity index (χ1) is 8.58. The highest BCUT2D eigenvalue weighted by molar-refractivity contribution is 6.34. The van der Waals surface area contributed by atoms with Gasteiger partial charge in [-0.25, -0.2) is 4.39 Å². The van der Waals surface area contributed by atoms with Gasteiger partial charge in [0.2, 0.25) is 0 Å². The summed E-state index contributed by atoms with van der Waals surface area (Å²) in [6.07, 6.45) is 0. The number of rotatable bonds is 2. The lowest BCUT2D eigenvalue weighted by Gasteiger charge is -2.07. The first-order valence-electron chi connectivity index (χ1n) is 5.09. The Labute approximate surface area is 113 Å². The van der Waals surface area contributed by atoms with Gasteiger partial charge in [-0.1, -0.05) is 35.3 Å². The van der Waals surface area contributed by atoms with Crippen molar-refractivity contribution in [3.05, 3.63) is 63.9 Å². The van der Waals surface area contributed by atoms with E-state index >= 15 is 0 Å². The molecule has 2 rings (SSSR count). The minimum Gasteiger partial charge on any atom is -0.319 e. The summed E-state index contributed by atoms with van der Waals surface area (Å²) in [6, 6.07) is 10.5. The highest BCUT2D eigenvalue weighted by atomic mass is 35.5. The predicted octanol–water partition coefficient (Wildman–Crippen LogP) is 4.38. The monoisotopic (exact) mass is 283 g/mol. The van der Waals surface area contributed by atoms with E-state index in [-0.39, 0.29) is 11.3 Å². The summed E-state index contributed by atoms with van der Waals surface area (Å²) in [6.45, 7) is 0. The average Bonchev–Trinajstić information content (AvgIpc) is 2.34. The molecule has 0 aliphatic carbocycles. The van der Waals surface area contributed by atoms with E-state index in [2.05, 4.69) is 5.32 Å².